The first-order valence-electron chi connectivity index (χ1n) is 33.9. The van der Waals surface area contributed by atoms with Crippen molar-refractivity contribution in [2.24, 2.45) is 0 Å². The zero-order valence-corrected chi connectivity index (χ0v) is 53.1. The quantitative estimate of drug-likeness (QED) is 0.123. The van der Waals surface area contributed by atoms with Gasteiger partial charge < -0.3 is 8.83 Å². The number of hydrogen-bond acceptors (Lipinski definition) is 2. The van der Waals surface area contributed by atoms with Crippen molar-refractivity contribution in [2.45, 2.75) is 0 Å². The Morgan fingerprint density at radius 3 is 0.908 bits per heavy atom. The summed E-state index contributed by atoms with van der Waals surface area (Å²) >= 11 is 0. The van der Waals surface area contributed by atoms with E-state index in [1.54, 1.807) is 0 Å². The normalized spacial score (nSPS) is 12.1. The van der Waals surface area contributed by atoms with Crippen molar-refractivity contribution < 1.29 is 8.83 Å². The van der Waals surface area contributed by atoms with Crippen molar-refractivity contribution in [2.75, 3.05) is 0 Å². The molecule has 0 fully saturated rings. The molecule has 0 bridgehead atoms. The molecule has 0 N–H and O–H groups in total. The summed E-state index contributed by atoms with van der Waals surface area (Å²) in [5.41, 5.74) is 23.4. The van der Waals surface area contributed by atoms with Gasteiger partial charge in [-0.2, -0.15) is 0 Å². The van der Waals surface area contributed by atoms with E-state index in [-0.39, 0.29) is 0 Å². The van der Waals surface area contributed by atoms with E-state index < -0.39 is 0 Å². The maximum Gasteiger partial charge on any atom is 0.143 e. The molecule has 0 unspecified atom stereocenters. The van der Waals surface area contributed by atoms with Crippen LogP contribution in [0, 0.1) is 0 Å². The number of rotatable bonds is 6. The average molecular weight is 1240 g/mol. The summed E-state index contributed by atoms with van der Waals surface area (Å²) in [5, 5.41) is 25.0. The molecule has 2 nitrogen and oxygen atoms in total. The van der Waals surface area contributed by atoms with Gasteiger partial charge in [-0.1, -0.05) is 315 Å². The monoisotopic (exact) mass is 1240 g/mol. The molecule has 2 heteroatoms. The largest absolute Gasteiger partial charge is 0.455 e. The highest BCUT2D eigenvalue weighted by atomic mass is 16.3. The molecule has 0 spiro atoms. The summed E-state index contributed by atoms with van der Waals surface area (Å²) in [6, 6.07) is 124. The highest BCUT2D eigenvalue weighted by Gasteiger charge is 2.28. The van der Waals surface area contributed by atoms with Crippen LogP contribution in [0.15, 0.2) is 349 Å². The third-order valence-corrected chi connectivity index (χ3v) is 21.2. The van der Waals surface area contributed by atoms with Crippen LogP contribution in [0.5, 0.6) is 0 Å². The van der Waals surface area contributed by atoms with E-state index in [9.17, 15) is 0 Å². The van der Waals surface area contributed by atoms with Crippen molar-refractivity contribution in [3.63, 3.8) is 0 Å². The summed E-state index contributed by atoms with van der Waals surface area (Å²) < 4.78 is 13.4. The third-order valence-electron chi connectivity index (χ3n) is 21.2. The number of furan rings is 2. The van der Waals surface area contributed by atoms with E-state index in [4.69, 9.17) is 8.83 Å². The van der Waals surface area contributed by atoms with Crippen molar-refractivity contribution in [1.82, 2.24) is 0 Å². The molecule has 98 heavy (non-hydrogen) atoms. The second kappa shape index (κ2) is 21.3. The molecule has 0 amide bonds. The van der Waals surface area contributed by atoms with Gasteiger partial charge in [0, 0.05) is 32.7 Å². The van der Waals surface area contributed by atoms with Crippen molar-refractivity contribution in [1.29, 1.82) is 0 Å². The Kier molecular flexibility index (Phi) is 11.9. The Hall–Kier alpha value is -12.9. The molecular formula is C96H56O2. The Morgan fingerprint density at radius 1 is 0.143 bits per heavy atom. The van der Waals surface area contributed by atoms with E-state index >= 15 is 0 Å². The second-order valence-electron chi connectivity index (χ2n) is 26.2. The van der Waals surface area contributed by atoms with Gasteiger partial charge >= 0.3 is 0 Å². The highest BCUT2D eigenvalue weighted by molar-refractivity contribution is 6.33. The van der Waals surface area contributed by atoms with Gasteiger partial charge in [0.15, 0.2) is 0 Å². The van der Waals surface area contributed by atoms with Crippen LogP contribution in [0.4, 0.5) is 0 Å². The standard InChI is InChI=1S/2C48H28O/c1-2-11-29(12-3-1)33-27-28-41(47-40-19-8-9-20-42(40)49-48(33)47)46-36-17-6-4-15-34(36)45(35-16-5-7-18-37(35)46)39-26-24-32-22-21-30-13-10-14-31-23-25-38(39)44(32)43(30)31;1-2-13-29(14-3-1)30-25-28-42(47-41-21-10-11-24-43(41)49-48(30)47)46-36-19-8-6-17-34(36)45(35-18-7-9-20-37(35)46)40-27-26-39-32-16-5-4-15-31(32)33-22-12-23-38(40)44(33)39/h2*1-28H. The molecule has 2 heterocycles. The minimum atomic E-state index is 0.904. The number of para-hydroxylation sites is 2. The molecule has 1 aliphatic rings. The smallest absolute Gasteiger partial charge is 0.143 e. The maximum atomic E-state index is 6.72. The lowest BCUT2D eigenvalue weighted by Crippen LogP contribution is -1.93. The minimum Gasteiger partial charge on any atom is -0.455 e. The predicted octanol–water partition coefficient (Wildman–Crippen LogP) is 27.5. The number of fused-ring (bicyclic) bond motifs is 13. The summed E-state index contributed by atoms with van der Waals surface area (Å²) in [7, 11) is 0. The predicted molar refractivity (Wildman–Crippen MR) is 416 cm³/mol. The first-order valence-corrected chi connectivity index (χ1v) is 33.9. The van der Waals surface area contributed by atoms with Crippen LogP contribution in [0.3, 0.4) is 0 Å². The van der Waals surface area contributed by atoms with Crippen LogP contribution < -0.4 is 0 Å². The number of benzene rings is 19. The molecule has 1 aliphatic carbocycles. The fourth-order valence-electron chi connectivity index (χ4n) is 17.2. The summed E-state index contributed by atoms with van der Waals surface area (Å²) in [5.74, 6) is 0. The lowest BCUT2D eigenvalue weighted by atomic mass is 9.82. The zero-order valence-electron chi connectivity index (χ0n) is 53.1. The third kappa shape index (κ3) is 7.91. The van der Waals surface area contributed by atoms with E-state index in [2.05, 4.69) is 340 Å². The summed E-state index contributed by atoms with van der Waals surface area (Å²) in [6.45, 7) is 0. The SMILES string of the molecule is c1ccc(-c2ccc(-c3c4ccccc4c(-c4ccc5c6c(cccc46)-c4ccccc4-5)c4ccccc34)c3c2oc2ccccc23)cc1.c1ccc(-c2ccc(-c3c4ccccc4c(-c4ccc5ccc6cccc7ccc4c5c67)c4ccccc34)c3c2oc2ccccc23)cc1. The van der Waals surface area contributed by atoms with Crippen LogP contribution in [0.1, 0.15) is 0 Å². The molecule has 22 rings (SSSR count). The highest BCUT2D eigenvalue weighted by Crippen LogP contribution is 2.55. The van der Waals surface area contributed by atoms with Crippen LogP contribution >= 0.6 is 0 Å². The van der Waals surface area contributed by atoms with Crippen LogP contribution in [-0.2, 0) is 0 Å². The Bertz CT molecular complexity index is 6750. The molecule has 0 radical (unpaired) electrons. The van der Waals surface area contributed by atoms with E-state index in [0.717, 1.165) is 66.1 Å². The molecule has 2 aromatic heterocycles. The first-order chi connectivity index (χ1) is 48.7. The fraction of sp³-hybridized carbons (Fsp3) is 0. The molecule has 0 aliphatic heterocycles. The van der Waals surface area contributed by atoms with Crippen molar-refractivity contribution >= 4 is 130 Å². The molecule has 21 aromatic rings. The number of hydrogen-bond donors (Lipinski definition) is 0. The Labute approximate surface area is 564 Å². The first kappa shape index (κ1) is 54.5. The van der Waals surface area contributed by atoms with Crippen LogP contribution in [0.25, 0.3) is 219 Å². The summed E-state index contributed by atoms with van der Waals surface area (Å²) in [4.78, 5) is 0. The maximum absolute atomic E-state index is 6.72. The Balaban J connectivity index is 0.000000129. The zero-order chi connectivity index (χ0) is 64.1. The topological polar surface area (TPSA) is 26.3 Å². The van der Waals surface area contributed by atoms with E-state index in [1.165, 1.54) is 153 Å². The van der Waals surface area contributed by atoms with Crippen molar-refractivity contribution in [3.8, 4) is 89.0 Å². The average Bonchev–Trinajstić information content (AvgIpc) is 1.06. The lowest BCUT2D eigenvalue weighted by molar-refractivity contribution is 0.669. The summed E-state index contributed by atoms with van der Waals surface area (Å²) in [6.07, 6.45) is 0. The van der Waals surface area contributed by atoms with E-state index in [1.807, 2.05) is 0 Å². The van der Waals surface area contributed by atoms with Gasteiger partial charge in [-0.15, -0.1) is 0 Å². The van der Waals surface area contributed by atoms with Crippen LogP contribution in [0.2, 0.25) is 0 Å². The molecule has 19 aromatic carbocycles. The molecule has 452 valence electrons. The van der Waals surface area contributed by atoms with Gasteiger partial charge in [-0.3, -0.25) is 0 Å². The lowest BCUT2D eigenvalue weighted by Gasteiger charge is -2.20. The molecule has 0 saturated carbocycles. The Morgan fingerprint density at radius 2 is 0.439 bits per heavy atom. The van der Waals surface area contributed by atoms with Gasteiger partial charge in [0.2, 0.25) is 0 Å². The van der Waals surface area contributed by atoms with Crippen LogP contribution in [-0.4, -0.2) is 0 Å². The second-order valence-corrected chi connectivity index (χ2v) is 26.2. The van der Waals surface area contributed by atoms with Gasteiger partial charge in [0.25, 0.3) is 0 Å². The van der Waals surface area contributed by atoms with E-state index in [0.29, 0.717) is 0 Å². The van der Waals surface area contributed by atoms with Gasteiger partial charge in [0.05, 0.1) is 0 Å². The molecule has 0 saturated heterocycles. The van der Waals surface area contributed by atoms with Gasteiger partial charge in [-0.05, 0) is 188 Å². The molecular weight excluding hydrogens is 1190 g/mol. The van der Waals surface area contributed by atoms with Gasteiger partial charge in [-0.25, -0.2) is 0 Å². The fourth-order valence-corrected chi connectivity index (χ4v) is 17.2. The minimum absolute atomic E-state index is 0.904. The van der Waals surface area contributed by atoms with Crippen molar-refractivity contribution in [3.05, 3.63) is 340 Å². The molecule has 0 atom stereocenters. The van der Waals surface area contributed by atoms with Gasteiger partial charge in [0.1, 0.15) is 22.3 Å².